The lowest BCUT2D eigenvalue weighted by atomic mass is 10.2. The Morgan fingerprint density at radius 3 is 2.63 bits per heavy atom. The molecule has 2 heterocycles. The fourth-order valence-corrected chi connectivity index (χ4v) is 2.99. The number of guanidine groups is 1. The number of anilines is 1. The van der Waals surface area contributed by atoms with Gasteiger partial charge in [-0.3, -0.25) is 4.99 Å². The molecule has 0 spiro atoms. The molecule has 8 heteroatoms. The van der Waals surface area contributed by atoms with Gasteiger partial charge in [-0.15, -0.1) is 24.0 Å². The molecule has 0 atom stereocenters. The highest BCUT2D eigenvalue weighted by molar-refractivity contribution is 14.0. The predicted octanol–water partition coefficient (Wildman–Crippen LogP) is 3.06. The number of fused-ring (bicyclic) bond motifs is 1. The lowest BCUT2D eigenvalue weighted by Crippen LogP contribution is -2.38. The number of nitrogens with zero attached hydrogens (tertiary/aromatic N) is 5. The third kappa shape index (κ3) is 4.74. The van der Waals surface area contributed by atoms with Crippen molar-refractivity contribution < 1.29 is 4.42 Å². The molecule has 146 valence electrons. The molecule has 0 bridgehead atoms. The molecule has 0 aliphatic rings. The van der Waals surface area contributed by atoms with E-state index in [1.54, 1.807) is 7.05 Å². The number of benzene rings is 1. The normalized spacial score (nSPS) is 11.4. The molecule has 0 aliphatic carbocycles. The molecular formula is C19H27IN6O. The van der Waals surface area contributed by atoms with Crippen molar-refractivity contribution >= 4 is 46.9 Å². The van der Waals surface area contributed by atoms with Crippen molar-refractivity contribution in [2.24, 2.45) is 12.0 Å². The van der Waals surface area contributed by atoms with E-state index < -0.39 is 0 Å². The Morgan fingerprint density at radius 1 is 1.26 bits per heavy atom. The van der Waals surface area contributed by atoms with Crippen LogP contribution in [0.15, 0.2) is 45.9 Å². The number of imidazole rings is 1. The van der Waals surface area contributed by atoms with Gasteiger partial charge >= 0.3 is 0 Å². The Labute approximate surface area is 177 Å². The summed E-state index contributed by atoms with van der Waals surface area (Å²) in [7, 11) is 9.77. The largest absolute Gasteiger partial charge is 0.459 e. The number of furan rings is 1. The second kappa shape index (κ2) is 9.12. The summed E-state index contributed by atoms with van der Waals surface area (Å²) in [4.78, 5) is 12.8. The number of nitrogens with one attached hydrogen (secondary N) is 1. The molecule has 0 aliphatic heterocycles. The topological polar surface area (TPSA) is 61.8 Å². The number of hydrogen-bond donors (Lipinski definition) is 1. The summed E-state index contributed by atoms with van der Waals surface area (Å²) >= 11 is 0. The highest BCUT2D eigenvalue weighted by Crippen LogP contribution is 2.19. The molecule has 0 radical (unpaired) electrons. The summed E-state index contributed by atoms with van der Waals surface area (Å²) < 4.78 is 7.97. The molecule has 1 aromatic carbocycles. The fraction of sp³-hybridized carbons (Fsp3) is 0.368. The van der Waals surface area contributed by atoms with Crippen molar-refractivity contribution in [3.8, 4) is 0 Å². The Morgan fingerprint density at radius 2 is 2.00 bits per heavy atom. The van der Waals surface area contributed by atoms with E-state index in [9.17, 15) is 0 Å². The van der Waals surface area contributed by atoms with Crippen LogP contribution in [0.1, 0.15) is 11.5 Å². The van der Waals surface area contributed by atoms with Gasteiger partial charge in [0.15, 0.2) is 5.96 Å². The molecule has 7 nitrogen and oxygen atoms in total. The van der Waals surface area contributed by atoms with Crippen molar-refractivity contribution in [1.82, 2.24) is 19.8 Å². The smallest absolute Gasteiger partial charge is 0.204 e. The van der Waals surface area contributed by atoms with E-state index in [2.05, 4.69) is 32.0 Å². The maximum atomic E-state index is 5.90. The average molecular weight is 482 g/mol. The minimum atomic E-state index is 0. The van der Waals surface area contributed by atoms with E-state index in [1.807, 2.05) is 62.4 Å². The standard InChI is InChI=1S/C19H26N6O.HI/c1-20-18(21-11-15-12-22-19(23(2)3)25(15)5)24(4)13-16-10-14-8-6-7-9-17(14)26-16;/h6-10,12H,11,13H2,1-5H3,(H,20,21);1H. The maximum absolute atomic E-state index is 5.90. The van der Waals surface area contributed by atoms with Crippen LogP contribution in [0.25, 0.3) is 11.0 Å². The summed E-state index contributed by atoms with van der Waals surface area (Å²) in [6.07, 6.45) is 1.88. The van der Waals surface area contributed by atoms with Crippen LogP contribution >= 0.6 is 24.0 Å². The molecule has 27 heavy (non-hydrogen) atoms. The number of halogens is 1. The average Bonchev–Trinajstić information content (AvgIpc) is 3.18. The van der Waals surface area contributed by atoms with E-state index in [1.165, 1.54) is 0 Å². The van der Waals surface area contributed by atoms with Crippen molar-refractivity contribution in [2.45, 2.75) is 13.1 Å². The second-order valence-corrected chi connectivity index (χ2v) is 6.51. The van der Waals surface area contributed by atoms with E-state index in [0.717, 1.165) is 34.3 Å². The highest BCUT2D eigenvalue weighted by atomic mass is 127. The minimum absolute atomic E-state index is 0. The second-order valence-electron chi connectivity index (χ2n) is 6.51. The molecule has 1 N–H and O–H groups in total. The molecule has 3 aromatic rings. The molecule has 2 aromatic heterocycles. The lowest BCUT2D eigenvalue weighted by molar-refractivity contribution is 0.412. The predicted molar refractivity (Wildman–Crippen MR) is 121 cm³/mol. The molecular weight excluding hydrogens is 455 g/mol. The van der Waals surface area contributed by atoms with Crippen LogP contribution in [-0.4, -0.2) is 48.6 Å². The zero-order valence-corrected chi connectivity index (χ0v) is 18.8. The molecule has 0 unspecified atom stereocenters. The molecule has 0 fully saturated rings. The third-order valence-corrected chi connectivity index (χ3v) is 4.33. The van der Waals surface area contributed by atoms with Gasteiger partial charge in [-0.1, -0.05) is 18.2 Å². The van der Waals surface area contributed by atoms with Crippen LogP contribution in [-0.2, 0) is 20.1 Å². The van der Waals surface area contributed by atoms with Crippen LogP contribution in [0.4, 0.5) is 5.95 Å². The summed E-state index contributed by atoms with van der Waals surface area (Å²) in [5.41, 5.74) is 2.00. The highest BCUT2D eigenvalue weighted by Gasteiger charge is 2.12. The summed E-state index contributed by atoms with van der Waals surface area (Å²) in [6, 6.07) is 10.1. The summed E-state index contributed by atoms with van der Waals surface area (Å²) in [6.45, 7) is 1.29. The number of aromatic nitrogens is 2. The quantitative estimate of drug-likeness (QED) is 0.344. The van der Waals surface area contributed by atoms with Crippen molar-refractivity contribution in [3.05, 3.63) is 48.0 Å². The first-order valence-corrected chi connectivity index (χ1v) is 8.56. The van der Waals surface area contributed by atoms with E-state index in [4.69, 9.17) is 4.42 Å². The van der Waals surface area contributed by atoms with E-state index in [-0.39, 0.29) is 24.0 Å². The van der Waals surface area contributed by atoms with Crippen LogP contribution in [0.5, 0.6) is 0 Å². The van der Waals surface area contributed by atoms with Gasteiger partial charge in [-0.25, -0.2) is 4.98 Å². The molecule has 3 rings (SSSR count). The van der Waals surface area contributed by atoms with Gasteiger partial charge in [0.25, 0.3) is 0 Å². The number of aliphatic imine (C=N–C) groups is 1. The van der Waals surface area contributed by atoms with Crippen LogP contribution in [0, 0.1) is 0 Å². The van der Waals surface area contributed by atoms with Gasteiger partial charge in [0.1, 0.15) is 11.3 Å². The zero-order chi connectivity index (χ0) is 18.7. The van der Waals surface area contributed by atoms with Crippen LogP contribution in [0.2, 0.25) is 0 Å². The van der Waals surface area contributed by atoms with Crippen molar-refractivity contribution in [2.75, 3.05) is 33.1 Å². The summed E-state index contributed by atoms with van der Waals surface area (Å²) in [5.74, 6) is 2.64. The van der Waals surface area contributed by atoms with Crippen LogP contribution in [0.3, 0.4) is 0 Å². The number of rotatable bonds is 5. The number of hydrogen-bond acceptors (Lipinski definition) is 4. The Balaban J connectivity index is 0.00000261. The lowest BCUT2D eigenvalue weighted by Gasteiger charge is -2.21. The van der Waals surface area contributed by atoms with Gasteiger partial charge in [0.2, 0.25) is 5.95 Å². The van der Waals surface area contributed by atoms with Gasteiger partial charge in [0, 0.05) is 40.6 Å². The van der Waals surface area contributed by atoms with Gasteiger partial charge < -0.3 is 24.1 Å². The first kappa shape index (κ1) is 21.1. The van der Waals surface area contributed by atoms with E-state index in [0.29, 0.717) is 13.1 Å². The monoisotopic (exact) mass is 482 g/mol. The Kier molecular flexibility index (Phi) is 7.11. The van der Waals surface area contributed by atoms with Crippen molar-refractivity contribution in [3.63, 3.8) is 0 Å². The van der Waals surface area contributed by atoms with Crippen molar-refractivity contribution in [1.29, 1.82) is 0 Å². The molecule has 0 saturated carbocycles. The van der Waals surface area contributed by atoms with Gasteiger partial charge in [-0.05, 0) is 12.1 Å². The fourth-order valence-electron chi connectivity index (χ4n) is 2.99. The third-order valence-electron chi connectivity index (χ3n) is 4.33. The van der Waals surface area contributed by atoms with E-state index >= 15 is 0 Å². The van der Waals surface area contributed by atoms with Gasteiger partial charge in [-0.2, -0.15) is 0 Å². The SMILES string of the molecule is CN=C(NCc1cnc(N(C)C)n1C)N(C)Cc1cc2ccccc2o1.I. The van der Waals surface area contributed by atoms with Crippen LogP contribution < -0.4 is 10.2 Å². The zero-order valence-electron chi connectivity index (χ0n) is 16.4. The molecule has 0 saturated heterocycles. The first-order valence-electron chi connectivity index (χ1n) is 8.56. The Bertz CT molecular complexity index is 881. The minimum Gasteiger partial charge on any atom is -0.459 e. The Hall–Kier alpha value is -2.23. The summed E-state index contributed by atoms with van der Waals surface area (Å²) in [5, 5.41) is 4.50. The maximum Gasteiger partial charge on any atom is 0.204 e. The van der Waals surface area contributed by atoms with Gasteiger partial charge in [0.05, 0.1) is 25.0 Å². The number of para-hydroxylation sites is 1. The molecule has 0 amide bonds. The first-order chi connectivity index (χ1) is 12.5.